The van der Waals surface area contributed by atoms with Crippen molar-refractivity contribution in [2.24, 2.45) is 0 Å². The highest BCUT2D eigenvalue weighted by Crippen LogP contribution is 2.33. The maximum absolute atomic E-state index is 13.0. The molecule has 2 N–H and O–H groups in total. The molecule has 2 aliphatic heterocycles. The summed E-state index contributed by atoms with van der Waals surface area (Å²) in [5.41, 5.74) is 5.40. The molecule has 0 fully saturated rings. The minimum Gasteiger partial charge on any atom is -0.486 e. The van der Waals surface area contributed by atoms with E-state index in [1.54, 1.807) is 18.2 Å². The molecule has 0 spiro atoms. The van der Waals surface area contributed by atoms with Crippen molar-refractivity contribution in [3.8, 4) is 11.5 Å². The van der Waals surface area contributed by atoms with E-state index in [1.165, 1.54) is 0 Å². The van der Waals surface area contributed by atoms with Crippen LogP contribution in [-0.2, 0) is 13.0 Å². The van der Waals surface area contributed by atoms with E-state index in [2.05, 4.69) is 10.6 Å². The summed E-state index contributed by atoms with van der Waals surface area (Å²) in [6.45, 7) is 4.02. The minimum absolute atomic E-state index is 0.00443. The number of benzene rings is 3. The molecule has 0 saturated heterocycles. The first-order valence-electron chi connectivity index (χ1n) is 11.0. The fourth-order valence-corrected chi connectivity index (χ4v) is 4.08. The Morgan fingerprint density at radius 1 is 0.939 bits per heavy atom. The Bertz CT molecular complexity index is 1210. The van der Waals surface area contributed by atoms with Crippen molar-refractivity contribution < 1.29 is 19.1 Å². The van der Waals surface area contributed by atoms with Gasteiger partial charge in [-0.05, 0) is 54.8 Å². The average Bonchev–Trinajstić information content (AvgIpc) is 3.26. The first kappa shape index (κ1) is 20.9. The van der Waals surface area contributed by atoms with Gasteiger partial charge < -0.3 is 25.0 Å². The predicted octanol–water partition coefficient (Wildman–Crippen LogP) is 4.29. The topological polar surface area (TPSA) is 79.9 Å². The van der Waals surface area contributed by atoms with Crippen molar-refractivity contribution >= 4 is 23.3 Å². The van der Waals surface area contributed by atoms with Crippen LogP contribution in [-0.4, -0.2) is 31.7 Å². The van der Waals surface area contributed by atoms with Gasteiger partial charge in [0.2, 0.25) is 0 Å². The van der Waals surface area contributed by atoms with Gasteiger partial charge in [0.1, 0.15) is 13.2 Å². The summed E-state index contributed by atoms with van der Waals surface area (Å²) in [6.07, 6.45) is 0.825. The van der Waals surface area contributed by atoms with E-state index < -0.39 is 0 Å². The summed E-state index contributed by atoms with van der Waals surface area (Å²) >= 11 is 0. The zero-order valence-corrected chi connectivity index (χ0v) is 18.4. The quantitative estimate of drug-likeness (QED) is 0.631. The molecule has 5 rings (SSSR count). The first-order valence-corrected chi connectivity index (χ1v) is 11.0. The number of ether oxygens (including phenoxy) is 2. The molecule has 3 amide bonds. The first-order chi connectivity index (χ1) is 16.1. The second-order valence-electron chi connectivity index (χ2n) is 8.20. The Morgan fingerprint density at radius 2 is 1.73 bits per heavy atom. The number of amides is 3. The van der Waals surface area contributed by atoms with Gasteiger partial charge >= 0.3 is 6.03 Å². The molecule has 3 aromatic rings. The highest BCUT2D eigenvalue weighted by molar-refractivity contribution is 6.07. The van der Waals surface area contributed by atoms with Crippen LogP contribution in [0.5, 0.6) is 11.5 Å². The lowest BCUT2D eigenvalue weighted by Gasteiger charge is -2.19. The molecule has 7 nitrogen and oxygen atoms in total. The number of hydrogen-bond acceptors (Lipinski definition) is 4. The number of carbonyl (C=O) groups is 2. The standard InChI is InChI=1S/C26H25N3O4/c1-17-2-5-20(6-3-17)25(30)29-11-10-19-7-4-18(14-22(19)29)16-27-26(31)28-21-8-9-23-24(15-21)33-13-12-32-23/h2-9,14-15H,10-13,16H2,1H3,(H2,27,28,31). The molecule has 0 aliphatic carbocycles. The molecular weight excluding hydrogens is 418 g/mol. The van der Waals surface area contributed by atoms with Crippen LogP contribution in [0.4, 0.5) is 16.2 Å². The minimum atomic E-state index is -0.320. The molecule has 3 aromatic carbocycles. The Morgan fingerprint density at radius 3 is 2.55 bits per heavy atom. The normalized spacial score (nSPS) is 13.9. The summed E-state index contributed by atoms with van der Waals surface area (Å²) in [6, 6.07) is 18.6. The number of nitrogens with zero attached hydrogens (tertiary/aromatic N) is 1. The van der Waals surface area contributed by atoms with Crippen LogP contribution in [0.1, 0.15) is 27.0 Å². The van der Waals surface area contributed by atoms with Gasteiger partial charge in [-0.2, -0.15) is 0 Å². The van der Waals surface area contributed by atoms with Crippen LogP contribution in [0.15, 0.2) is 60.7 Å². The van der Waals surface area contributed by atoms with E-state index in [-0.39, 0.29) is 11.9 Å². The van der Waals surface area contributed by atoms with E-state index in [0.717, 1.165) is 28.8 Å². The van der Waals surface area contributed by atoms with Crippen LogP contribution in [0.2, 0.25) is 0 Å². The summed E-state index contributed by atoms with van der Waals surface area (Å²) in [7, 11) is 0. The van der Waals surface area contributed by atoms with Crippen molar-refractivity contribution in [1.29, 1.82) is 0 Å². The lowest BCUT2D eigenvalue weighted by atomic mass is 10.1. The van der Waals surface area contributed by atoms with Crippen molar-refractivity contribution in [3.05, 3.63) is 82.9 Å². The van der Waals surface area contributed by atoms with Gasteiger partial charge in [0.25, 0.3) is 5.91 Å². The molecule has 33 heavy (non-hydrogen) atoms. The number of urea groups is 1. The van der Waals surface area contributed by atoms with Gasteiger partial charge in [0.05, 0.1) is 0 Å². The number of rotatable bonds is 4. The van der Waals surface area contributed by atoms with Crippen LogP contribution in [0.25, 0.3) is 0 Å². The van der Waals surface area contributed by atoms with E-state index in [0.29, 0.717) is 49.1 Å². The smallest absolute Gasteiger partial charge is 0.319 e. The molecule has 0 bridgehead atoms. The lowest BCUT2D eigenvalue weighted by Crippen LogP contribution is -2.29. The zero-order valence-electron chi connectivity index (χ0n) is 18.4. The molecule has 2 heterocycles. The molecule has 0 atom stereocenters. The molecule has 0 saturated carbocycles. The van der Waals surface area contributed by atoms with Gasteiger partial charge in [0.15, 0.2) is 11.5 Å². The van der Waals surface area contributed by atoms with Gasteiger partial charge in [0, 0.05) is 36.1 Å². The monoisotopic (exact) mass is 443 g/mol. The SMILES string of the molecule is Cc1ccc(C(=O)N2CCc3ccc(CNC(=O)Nc4ccc5c(c4)OCCO5)cc32)cc1. The lowest BCUT2D eigenvalue weighted by molar-refractivity contribution is 0.0989. The number of hydrogen-bond donors (Lipinski definition) is 2. The van der Waals surface area contributed by atoms with Crippen LogP contribution >= 0.6 is 0 Å². The largest absolute Gasteiger partial charge is 0.486 e. The molecular formula is C26H25N3O4. The summed E-state index contributed by atoms with van der Waals surface area (Å²) in [5.74, 6) is 1.29. The molecule has 168 valence electrons. The van der Waals surface area contributed by atoms with Gasteiger partial charge in [-0.15, -0.1) is 0 Å². The van der Waals surface area contributed by atoms with Crippen molar-refractivity contribution in [3.63, 3.8) is 0 Å². The number of carbonyl (C=O) groups excluding carboxylic acids is 2. The van der Waals surface area contributed by atoms with E-state index in [4.69, 9.17) is 9.47 Å². The Balaban J connectivity index is 1.23. The van der Waals surface area contributed by atoms with Crippen LogP contribution < -0.4 is 25.0 Å². The fourth-order valence-electron chi connectivity index (χ4n) is 4.08. The van der Waals surface area contributed by atoms with Crippen LogP contribution in [0.3, 0.4) is 0 Å². The zero-order chi connectivity index (χ0) is 22.8. The van der Waals surface area contributed by atoms with E-state index in [9.17, 15) is 9.59 Å². The summed E-state index contributed by atoms with van der Waals surface area (Å²) in [4.78, 5) is 27.3. The Hall–Kier alpha value is -4.00. The molecule has 0 unspecified atom stereocenters. The number of aryl methyl sites for hydroxylation is 1. The fraction of sp³-hybridized carbons (Fsp3) is 0.231. The van der Waals surface area contributed by atoms with Crippen LogP contribution in [0, 0.1) is 6.92 Å². The molecule has 0 aromatic heterocycles. The second kappa shape index (κ2) is 8.86. The molecule has 7 heteroatoms. The van der Waals surface area contributed by atoms with Gasteiger partial charge in [-0.25, -0.2) is 4.79 Å². The van der Waals surface area contributed by atoms with Crippen molar-refractivity contribution in [2.45, 2.75) is 19.9 Å². The Labute approximate surface area is 192 Å². The molecule has 2 aliphatic rings. The third-order valence-corrected chi connectivity index (χ3v) is 5.84. The maximum Gasteiger partial charge on any atom is 0.319 e. The number of anilines is 2. The number of fused-ring (bicyclic) bond motifs is 2. The van der Waals surface area contributed by atoms with Gasteiger partial charge in [-0.1, -0.05) is 29.8 Å². The highest BCUT2D eigenvalue weighted by atomic mass is 16.6. The van der Waals surface area contributed by atoms with Crippen molar-refractivity contribution in [1.82, 2.24) is 5.32 Å². The summed E-state index contributed by atoms with van der Waals surface area (Å²) < 4.78 is 11.1. The number of nitrogens with one attached hydrogen (secondary N) is 2. The third kappa shape index (κ3) is 4.48. The van der Waals surface area contributed by atoms with E-state index in [1.807, 2.05) is 54.3 Å². The average molecular weight is 444 g/mol. The Kier molecular flexibility index (Phi) is 5.60. The van der Waals surface area contributed by atoms with Gasteiger partial charge in [-0.3, -0.25) is 4.79 Å². The highest BCUT2D eigenvalue weighted by Gasteiger charge is 2.25. The summed E-state index contributed by atoms with van der Waals surface area (Å²) in [5, 5.41) is 5.69. The van der Waals surface area contributed by atoms with Crippen molar-refractivity contribution in [2.75, 3.05) is 30.0 Å². The molecule has 0 radical (unpaired) electrons. The van der Waals surface area contributed by atoms with E-state index >= 15 is 0 Å². The predicted molar refractivity (Wildman–Crippen MR) is 126 cm³/mol. The third-order valence-electron chi connectivity index (χ3n) is 5.84. The maximum atomic E-state index is 13.0. The second-order valence-corrected chi connectivity index (χ2v) is 8.20.